The largest absolute Gasteiger partial charge is 0.351 e. The lowest BCUT2D eigenvalue weighted by atomic mass is 10.1. The van der Waals surface area contributed by atoms with Gasteiger partial charge >= 0.3 is 0 Å². The molecule has 9 heteroatoms. The van der Waals surface area contributed by atoms with Crippen molar-refractivity contribution in [3.63, 3.8) is 0 Å². The number of nitrogens with two attached hydrogens (primary N) is 1. The van der Waals surface area contributed by atoms with Crippen LogP contribution in [0.15, 0.2) is 0 Å². The summed E-state index contributed by atoms with van der Waals surface area (Å²) in [4.78, 5) is 14.0. The Hall–Kier alpha value is -1.22. The van der Waals surface area contributed by atoms with Gasteiger partial charge in [0.2, 0.25) is 11.8 Å². The summed E-state index contributed by atoms with van der Waals surface area (Å²) in [5.41, 5.74) is 2.31. The van der Waals surface area contributed by atoms with Crippen LogP contribution in [0.5, 0.6) is 0 Å². The molecule has 0 saturated carbocycles. The highest BCUT2D eigenvalue weighted by molar-refractivity contribution is 6.29. The number of rotatable bonds is 4. The Kier molecular flexibility index (Phi) is 4.82. The summed E-state index contributed by atoms with van der Waals surface area (Å²) in [5, 5.41) is -0.234. The Morgan fingerprint density at radius 1 is 1.19 bits per heavy atom. The molecule has 0 aromatic carbocycles. The fourth-order valence-corrected chi connectivity index (χ4v) is 2.80. The molecule has 7 nitrogen and oxygen atoms in total. The third-order valence-corrected chi connectivity index (χ3v) is 4.06. The molecule has 1 aliphatic rings. The second-order valence-electron chi connectivity index (χ2n) is 5.59. The highest BCUT2D eigenvalue weighted by atomic mass is 35.5. The lowest BCUT2D eigenvalue weighted by molar-refractivity contribution is 0.191. The first kappa shape index (κ1) is 16.2. The van der Waals surface area contributed by atoms with Crippen LogP contribution in [0.3, 0.4) is 0 Å². The fourth-order valence-electron chi connectivity index (χ4n) is 2.64. The van der Waals surface area contributed by atoms with Gasteiger partial charge < -0.3 is 14.7 Å². The van der Waals surface area contributed by atoms with E-state index in [2.05, 4.69) is 25.2 Å². The van der Waals surface area contributed by atoms with Crippen LogP contribution in [-0.4, -0.2) is 73.1 Å². The summed E-state index contributed by atoms with van der Waals surface area (Å²) in [6.45, 7) is 1.31. The van der Waals surface area contributed by atoms with Crippen LogP contribution >= 0.6 is 11.6 Å². The van der Waals surface area contributed by atoms with E-state index >= 15 is 0 Å². The van der Waals surface area contributed by atoms with Crippen molar-refractivity contribution in [3.05, 3.63) is 11.0 Å². The normalized spacial score (nSPS) is 22.4. The summed E-state index contributed by atoms with van der Waals surface area (Å²) in [7, 11) is 8.06. The smallest absolute Gasteiger partial charge is 0.240 e. The second kappa shape index (κ2) is 6.27. The molecule has 1 aromatic rings. The molecule has 2 atom stereocenters. The Morgan fingerprint density at radius 2 is 1.71 bits per heavy atom. The second-order valence-corrected chi connectivity index (χ2v) is 5.94. The zero-order valence-electron chi connectivity index (χ0n) is 12.6. The summed E-state index contributed by atoms with van der Waals surface area (Å²) < 4.78 is 14.2. The van der Waals surface area contributed by atoms with E-state index in [1.807, 2.05) is 33.1 Å². The van der Waals surface area contributed by atoms with Crippen LogP contribution in [0.1, 0.15) is 0 Å². The van der Waals surface area contributed by atoms with Gasteiger partial charge in [-0.05, 0) is 28.2 Å². The minimum absolute atomic E-state index is 0.103. The fraction of sp³-hybridized carbons (Fsp3) is 0.667. The maximum atomic E-state index is 14.2. The van der Waals surface area contributed by atoms with Crippen molar-refractivity contribution in [2.24, 2.45) is 5.84 Å². The molecule has 1 aliphatic heterocycles. The molecule has 0 bridgehead atoms. The number of hydrogen-bond acceptors (Lipinski definition) is 7. The lowest BCUT2D eigenvalue weighted by Gasteiger charge is -2.29. The van der Waals surface area contributed by atoms with E-state index in [0.717, 1.165) is 0 Å². The van der Waals surface area contributed by atoms with Gasteiger partial charge in [-0.2, -0.15) is 14.4 Å². The van der Waals surface area contributed by atoms with Gasteiger partial charge in [0.15, 0.2) is 11.0 Å². The number of halogens is 2. The summed E-state index contributed by atoms with van der Waals surface area (Å²) >= 11 is 5.80. The molecule has 1 saturated heterocycles. The van der Waals surface area contributed by atoms with Crippen molar-refractivity contribution < 1.29 is 4.39 Å². The maximum absolute atomic E-state index is 14.2. The average molecular weight is 318 g/mol. The van der Waals surface area contributed by atoms with Gasteiger partial charge in [-0.1, -0.05) is 11.6 Å². The SMILES string of the molecule is CN(C)C1CN(c2nc(NN)nc(Cl)c2F)CC1N(C)C. The standard InChI is InChI=1S/C12H21ClFN7/c1-19(2)7-5-21(6-8(7)20(3)4)11-9(14)10(13)16-12(17-11)18-15/h7-8H,5-6,15H2,1-4H3,(H,16,17,18). The number of anilines is 2. The molecule has 1 fully saturated rings. The van der Waals surface area contributed by atoms with E-state index in [1.54, 1.807) is 0 Å². The highest BCUT2D eigenvalue weighted by Crippen LogP contribution is 2.28. The number of nitrogens with one attached hydrogen (secondary N) is 1. The van der Waals surface area contributed by atoms with Crippen LogP contribution < -0.4 is 16.2 Å². The number of aromatic nitrogens is 2. The van der Waals surface area contributed by atoms with Gasteiger partial charge in [-0.25, -0.2) is 5.84 Å². The lowest BCUT2D eigenvalue weighted by Crippen LogP contribution is -2.45. The maximum Gasteiger partial charge on any atom is 0.240 e. The Bertz CT molecular complexity index is 495. The Labute approximate surface area is 128 Å². The number of hydrogen-bond donors (Lipinski definition) is 2. The molecule has 21 heavy (non-hydrogen) atoms. The molecule has 2 unspecified atom stereocenters. The van der Waals surface area contributed by atoms with E-state index in [1.165, 1.54) is 0 Å². The predicted octanol–water partition coefficient (Wildman–Crippen LogP) is 0.235. The zero-order valence-corrected chi connectivity index (χ0v) is 13.4. The van der Waals surface area contributed by atoms with E-state index in [-0.39, 0.29) is 29.0 Å². The highest BCUT2D eigenvalue weighted by Gasteiger charge is 2.37. The van der Waals surface area contributed by atoms with Crippen molar-refractivity contribution >= 4 is 23.4 Å². The van der Waals surface area contributed by atoms with Crippen LogP contribution in [0.25, 0.3) is 0 Å². The third-order valence-electron chi connectivity index (χ3n) is 3.81. The first-order chi connectivity index (χ1) is 9.85. The van der Waals surface area contributed by atoms with Crippen molar-refractivity contribution in [3.8, 4) is 0 Å². The molecule has 0 spiro atoms. The van der Waals surface area contributed by atoms with Gasteiger partial charge in [-0.15, -0.1) is 0 Å². The van der Waals surface area contributed by atoms with Crippen molar-refractivity contribution in [2.75, 3.05) is 51.6 Å². The molecular formula is C12H21ClFN7. The molecule has 3 N–H and O–H groups in total. The first-order valence-electron chi connectivity index (χ1n) is 6.62. The van der Waals surface area contributed by atoms with Crippen molar-refractivity contribution in [1.29, 1.82) is 0 Å². The van der Waals surface area contributed by atoms with E-state index in [9.17, 15) is 4.39 Å². The summed E-state index contributed by atoms with van der Waals surface area (Å²) in [6, 6.07) is 0.532. The van der Waals surface area contributed by atoms with E-state index < -0.39 is 5.82 Å². The molecule has 118 valence electrons. The third kappa shape index (κ3) is 3.18. The minimum Gasteiger partial charge on any atom is -0.351 e. The zero-order chi connectivity index (χ0) is 15.7. The van der Waals surface area contributed by atoms with Crippen LogP contribution in [-0.2, 0) is 0 Å². The van der Waals surface area contributed by atoms with Gasteiger partial charge in [0.05, 0.1) is 0 Å². The molecule has 0 amide bonds. The molecule has 2 rings (SSSR count). The number of nitrogen functional groups attached to an aromatic ring is 1. The number of likely N-dealkylation sites (N-methyl/N-ethyl adjacent to an activating group) is 2. The van der Waals surface area contributed by atoms with Gasteiger partial charge in [-0.3, -0.25) is 5.43 Å². The van der Waals surface area contributed by atoms with Crippen LogP contribution in [0.4, 0.5) is 16.2 Å². The molecule has 1 aromatic heterocycles. The molecule has 0 radical (unpaired) electrons. The minimum atomic E-state index is -0.618. The van der Waals surface area contributed by atoms with E-state index in [4.69, 9.17) is 17.4 Å². The quantitative estimate of drug-likeness (QED) is 0.468. The van der Waals surface area contributed by atoms with Gasteiger partial charge in [0.1, 0.15) is 0 Å². The van der Waals surface area contributed by atoms with Gasteiger partial charge in [0, 0.05) is 25.2 Å². The predicted molar refractivity (Wildman–Crippen MR) is 82.0 cm³/mol. The van der Waals surface area contributed by atoms with Crippen molar-refractivity contribution in [1.82, 2.24) is 19.8 Å². The first-order valence-corrected chi connectivity index (χ1v) is 7.00. The monoisotopic (exact) mass is 317 g/mol. The number of hydrazine groups is 1. The number of nitrogens with zero attached hydrogens (tertiary/aromatic N) is 5. The Morgan fingerprint density at radius 3 is 2.14 bits per heavy atom. The van der Waals surface area contributed by atoms with Crippen LogP contribution in [0.2, 0.25) is 5.15 Å². The molecule has 2 heterocycles. The summed E-state index contributed by atoms with van der Waals surface area (Å²) in [5.74, 6) is 4.96. The van der Waals surface area contributed by atoms with E-state index in [0.29, 0.717) is 13.1 Å². The Balaban J connectivity index is 2.33. The van der Waals surface area contributed by atoms with Crippen molar-refractivity contribution in [2.45, 2.75) is 12.1 Å². The van der Waals surface area contributed by atoms with Crippen LogP contribution in [0, 0.1) is 5.82 Å². The average Bonchev–Trinajstić information content (AvgIpc) is 2.87. The van der Waals surface area contributed by atoms with Gasteiger partial charge in [0.25, 0.3) is 0 Å². The molecular weight excluding hydrogens is 297 g/mol. The topological polar surface area (TPSA) is 73.5 Å². The molecule has 0 aliphatic carbocycles. The summed E-state index contributed by atoms with van der Waals surface area (Å²) in [6.07, 6.45) is 0.